The van der Waals surface area contributed by atoms with Gasteiger partial charge in [0.25, 0.3) is 11.5 Å². The van der Waals surface area contributed by atoms with Gasteiger partial charge in [-0.2, -0.15) is 5.10 Å². The van der Waals surface area contributed by atoms with E-state index in [4.69, 9.17) is 4.98 Å². The van der Waals surface area contributed by atoms with E-state index < -0.39 is 0 Å². The van der Waals surface area contributed by atoms with Crippen LogP contribution in [0.2, 0.25) is 0 Å². The standard InChI is InChI=1S/C24H34N6O2/c1-3-18-15(2)21(28-27-18)24(32)30-12-7-6-10-20(30)22-25-19-14-29(16-8-4-5-9-16)13-11-17(19)23(31)26-22/h16,20H,3-14H2,1-2H3,(H,27,28)(H,25,26,31)/t20-/m1/s1. The molecule has 1 atom stereocenters. The first kappa shape index (κ1) is 21.4. The Hall–Kier alpha value is -2.48. The van der Waals surface area contributed by atoms with Gasteiger partial charge in [0.1, 0.15) is 5.82 Å². The number of H-pyrrole nitrogens is 2. The average molecular weight is 439 g/mol. The molecule has 1 amide bonds. The van der Waals surface area contributed by atoms with E-state index in [-0.39, 0.29) is 17.5 Å². The Morgan fingerprint density at radius 3 is 2.66 bits per heavy atom. The van der Waals surface area contributed by atoms with Crippen LogP contribution in [-0.2, 0) is 19.4 Å². The van der Waals surface area contributed by atoms with Gasteiger partial charge in [0.05, 0.1) is 11.7 Å². The number of likely N-dealkylation sites (tertiary alicyclic amines) is 1. The highest BCUT2D eigenvalue weighted by molar-refractivity contribution is 5.94. The van der Waals surface area contributed by atoms with Gasteiger partial charge in [0, 0.05) is 42.5 Å². The number of carbonyl (C=O) groups excluding carboxylic acids is 1. The number of nitrogens with zero attached hydrogens (tertiary/aromatic N) is 4. The third kappa shape index (κ3) is 3.78. The summed E-state index contributed by atoms with van der Waals surface area (Å²) in [6.45, 7) is 6.34. The Bertz CT molecular complexity index is 1050. The largest absolute Gasteiger partial charge is 0.327 e. The predicted octanol–water partition coefficient (Wildman–Crippen LogP) is 3.03. The van der Waals surface area contributed by atoms with Gasteiger partial charge in [0.2, 0.25) is 0 Å². The van der Waals surface area contributed by atoms with Crippen LogP contribution in [-0.4, -0.2) is 55.0 Å². The van der Waals surface area contributed by atoms with Crippen molar-refractivity contribution >= 4 is 5.91 Å². The number of aryl methyl sites for hydroxylation is 1. The number of rotatable bonds is 4. The minimum absolute atomic E-state index is 0.0294. The summed E-state index contributed by atoms with van der Waals surface area (Å²) in [5.41, 5.74) is 4.10. The van der Waals surface area contributed by atoms with Crippen molar-refractivity contribution in [2.45, 2.75) is 90.3 Å². The van der Waals surface area contributed by atoms with E-state index in [1.807, 2.05) is 11.8 Å². The van der Waals surface area contributed by atoms with Crippen molar-refractivity contribution < 1.29 is 4.79 Å². The molecule has 2 aromatic heterocycles. The first-order valence-corrected chi connectivity index (χ1v) is 12.3. The van der Waals surface area contributed by atoms with Gasteiger partial charge in [-0.15, -0.1) is 0 Å². The third-order valence-electron chi connectivity index (χ3n) is 7.71. The molecular formula is C24H34N6O2. The molecule has 0 radical (unpaired) electrons. The summed E-state index contributed by atoms with van der Waals surface area (Å²) in [6, 6.07) is 0.410. The molecule has 3 aliphatic rings. The van der Waals surface area contributed by atoms with E-state index in [1.165, 1.54) is 25.7 Å². The summed E-state index contributed by atoms with van der Waals surface area (Å²) in [6.07, 6.45) is 9.45. The number of nitrogens with one attached hydrogen (secondary N) is 2. The fraction of sp³-hybridized carbons (Fsp3) is 0.667. The number of hydrogen-bond acceptors (Lipinski definition) is 5. The van der Waals surface area contributed by atoms with Gasteiger partial charge in [-0.3, -0.25) is 19.6 Å². The van der Waals surface area contributed by atoms with Gasteiger partial charge in [-0.1, -0.05) is 19.8 Å². The minimum Gasteiger partial charge on any atom is -0.327 e. The quantitative estimate of drug-likeness (QED) is 0.765. The lowest BCUT2D eigenvalue weighted by atomic mass is 9.99. The minimum atomic E-state index is -0.211. The topological polar surface area (TPSA) is 98.0 Å². The van der Waals surface area contributed by atoms with E-state index in [0.717, 1.165) is 67.7 Å². The van der Waals surface area contributed by atoms with E-state index >= 15 is 0 Å². The second-order valence-electron chi connectivity index (χ2n) is 9.57. The smallest absolute Gasteiger partial charge is 0.275 e. The van der Waals surface area contributed by atoms with Crippen molar-refractivity contribution in [3.05, 3.63) is 44.4 Å². The molecule has 1 aliphatic carbocycles. The maximum atomic E-state index is 13.4. The van der Waals surface area contributed by atoms with Crippen molar-refractivity contribution in [2.75, 3.05) is 13.1 Å². The molecule has 4 heterocycles. The molecular weight excluding hydrogens is 404 g/mol. The molecule has 8 heteroatoms. The van der Waals surface area contributed by atoms with Crippen LogP contribution in [0.5, 0.6) is 0 Å². The van der Waals surface area contributed by atoms with Gasteiger partial charge in [-0.25, -0.2) is 4.98 Å². The van der Waals surface area contributed by atoms with Crippen LogP contribution >= 0.6 is 0 Å². The number of carbonyl (C=O) groups is 1. The molecule has 0 aromatic carbocycles. The van der Waals surface area contributed by atoms with E-state index in [2.05, 4.69) is 27.0 Å². The molecule has 0 bridgehead atoms. The zero-order valence-electron chi connectivity index (χ0n) is 19.2. The Labute approximate surface area is 188 Å². The Morgan fingerprint density at radius 1 is 1.12 bits per heavy atom. The van der Waals surface area contributed by atoms with Gasteiger partial charge in [0.15, 0.2) is 5.69 Å². The van der Waals surface area contributed by atoms with Gasteiger partial charge in [-0.05, 0) is 51.9 Å². The monoisotopic (exact) mass is 438 g/mol. The molecule has 0 spiro atoms. The van der Waals surface area contributed by atoms with E-state index in [1.54, 1.807) is 0 Å². The molecule has 2 N–H and O–H groups in total. The highest BCUT2D eigenvalue weighted by atomic mass is 16.2. The molecule has 1 saturated heterocycles. The number of amides is 1. The lowest BCUT2D eigenvalue weighted by molar-refractivity contribution is 0.0591. The first-order valence-electron chi connectivity index (χ1n) is 12.3. The molecule has 172 valence electrons. The number of aromatic nitrogens is 4. The Balaban J connectivity index is 1.44. The lowest BCUT2D eigenvalue weighted by Gasteiger charge is -2.36. The predicted molar refractivity (Wildman–Crippen MR) is 122 cm³/mol. The summed E-state index contributed by atoms with van der Waals surface area (Å²) in [5, 5.41) is 7.32. The SMILES string of the molecule is CCc1[nH]nc(C(=O)N2CCCC[C@@H]2c2nc3c(c(=O)[nH]2)CCN(C2CCCC2)C3)c1C. The van der Waals surface area contributed by atoms with Crippen molar-refractivity contribution in [2.24, 2.45) is 0 Å². The van der Waals surface area contributed by atoms with Crippen LogP contribution in [0.15, 0.2) is 4.79 Å². The zero-order valence-corrected chi connectivity index (χ0v) is 19.2. The fourth-order valence-corrected chi connectivity index (χ4v) is 5.80. The normalized spacial score (nSPS) is 22.3. The van der Waals surface area contributed by atoms with Crippen molar-refractivity contribution in [1.82, 2.24) is 30.0 Å². The van der Waals surface area contributed by atoms with Crippen LogP contribution < -0.4 is 5.56 Å². The highest BCUT2D eigenvalue weighted by Crippen LogP contribution is 2.32. The molecule has 2 aromatic rings. The number of aromatic amines is 2. The number of hydrogen-bond donors (Lipinski definition) is 2. The highest BCUT2D eigenvalue weighted by Gasteiger charge is 2.34. The summed E-state index contributed by atoms with van der Waals surface area (Å²) in [4.78, 5) is 38.8. The maximum absolute atomic E-state index is 13.4. The molecule has 2 aliphatic heterocycles. The Morgan fingerprint density at radius 2 is 1.91 bits per heavy atom. The summed E-state index contributed by atoms with van der Waals surface area (Å²) < 4.78 is 0. The second-order valence-corrected chi connectivity index (χ2v) is 9.57. The van der Waals surface area contributed by atoms with Crippen LogP contribution in [0.4, 0.5) is 0 Å². The summed E-state index contributed by atoms with van der Waals surface area (Å²) in [5.74, 6) is 0.565. The first-order chi connectivity index (χ1) is 15.6. The summed E-state index contributed by atoms with van der Waals surface area (Å²) in [7, 11) is 0. The number of fused-ring (bicyclic) bond motifs is 1. The molecule has 1 saturated carbocycles. The molecule has 32 heavy (non-hydrogen) atoms. The van der Waals surface area contributed by atoms with Crippen LogP contribution in [0.25, 0.3) is 0 Å². The fourth-order valence-electron chi connectivity index (χ4n) is 5.80. The lowest BCUT2D eigenvalue weighted by Crippen LogP contribution is -2.43. The third-order valence-corrected chi connectivity index (χ3v) is 7.71. The Kier molecular flexibility index (Phi) is 5.88. The summed E-state index contributed by atoms with van der Waals surface area (Å²) >= 11 is 0. The maximum Gasteiger partial charge on any atom is 0.275 e. The van der Waals surface area contributed by atoms with Crippen LogP contribution in [0.3, 0.4) is 0 Å². The van der Waals surface area contributed by atoms with Crippen molar-refractivity contribution in [3.8, 4) is 0 Å². The average Bonchev–Trinajstić information content (AvgIpc) is 3.48. The van der Waals surface area contributed by atoms with E-state index in [0.29, 0.717) is 24.1 Å². The van der Waals surface area contributed by atoms with E-state index in [9.17, 15) is 9.59 Å². The van der Waals surface area contributed by atoms with Crippen molar-refractivity contribution in [3.63, 3.8) is 0 Å². The zero-order chi connectivity index (χ0) is 22.2. The van der Waals surface area contributed by atoms with Gasteiger partial charge < -0.3 is 9.88 Å². The van der Waals surface area contributed by atoms with Crippen LogP contribution in [0.1, 0.15) is 96.7 Å². The van der Waals surface area contributed by atoms with Crippen molar-refractivity contribution in [1.29, 1.82) is 0 Å². The molecule has 2 fully saturated rings. The number of piperidine rings is 1. The molecule has 5 rings (SSSR count). The second kappa shape index (κ2) is 8.81. The van der Waals surface area contributed by atoms with Crippen LogP contribution in [0, 0.1) is 6.92 Å². The molecule has 8 nitrogen and oxygen atoms in total. The van der Waals surface area contributed by atoms with Gasteiger partial charge >= 0.3 is 0 Å². The molecule has 0 unspecified atom stereocenters.